The topological polar surface area (TPSA) is 96.0 Å². The first-order chi connectivity index (χ1) is 20.0. The van der Waals surface area contributed by atoms with E-state index in [0.29, 0.717) is 40.9 Å². The van der Waals surface area contributed by atoms with E-state index >= 15 is 0 Å². The van der Waals surface area contributed by atoms with Crippen molar-refractivity contribution in [3.63, 3.8) is 0 Å². The number of carbonyl (C=O) groups is 2. The number of nitrogens with zero attached hydrogens (tertiary/aromatic N) is 2. The molecule has 0 aliphatic heterocycles. The van der Waals surface area contributed by atoms with E-state index in [-0.39, 0.29) is 18.1 Å². The molecular weight excluding hydrogens is 597 g/mol. The van der Waals surface area contributed by atoms with Gasteiger partial charge in [-0.2, -0.15) is 0 Å². The summed E-state index contributed by atoms with van der Waals surface area (Å²) in [4.78, 5) is 28.4. The molecule has 0 bridgehead atoms. The molecule has 1 unspecified atom stereocenters. The number of nitrogens with one attached hydrogen (secondary N) is 1. The Morgan fingerprint density at radius 2 is 1.57 bits per heavy atom. The summed E-state index contributed by atoms with van der Waals surface area (Å²) in [5.74, 6) is -0.348. The molecule has 0 aliphatic carbocycles. The molecule has 0 saturated heterocycles. The Balaban J connectivity index is 1.87. The van der Waals surface area contributed by atoms with Gasteiger partial charge >= 0.3 is 0 Å². The van der Waals surface area contributed by atoms with Crippen molar-refractivity contribution in [2.24, 2.45) is 0 Å². The van der Waals surface area contributed by atoms with Crippen LogP contribution in [0.5, 0.6) is 5.75 Å². The van der Waals surface area contributed by atoms with Gasteiger partial charge in [-0.15, -0.1) is 0 Å². The number of carbonyl (C=O) groups excluding carboxylic acids is 2. The summed E-state index contributed by atoms with van der Waals surface area (Å²) in [6.07, 6.45) is 3.02. The van der Waals surface area contributed by atoms with Crippen LogP contribution in [0, 0.1) is 0 Å². The highest BCUT2D eigenvalue weighted by Crippen LogP contribution is 2.28. The maximum atomic E-state index is 13.9. The fraction of sp³-hybridized carbons (Fsp3) is 0.355. The van der Waals surface area contributed by atoms with Gasteiger partial charge in [0, 0.05) is 28.7 Å². The van der Waals surface area contributed by atoms with Gasteiger partial charge in [0.2, 0.25) is 21.8 Å². The molecule has 3 rings (SSSR count). The molecule has 0 aliphatic rings. The Kier molecular flexibility index (Phi) is 12.5. The predicted molar refractivity (Wildman–Crippen MR) is 168 cm³/mol. The number of hydrogen-bond donors (Lipinski definition) is 1. The van der Waals surface area contributed by atoms with Crippen LogP contribution in [-0.2, 0) is 32.8 Å². The lowest BCUT2D eigenvalue weighted by Gasteiger charge is -2.33. The Labute approximate surface area is 258 Å². The third kappa shape index (κ3) is 9.37. The molecule has 3 aromatic carbocycles. The van der Waals surface area contributed by atoms with Crippen molar-refractivity contribution in [2.45, 2.75) is 52.3 Å². The van der Waals surface area contributed by atoms with Crippen LogP contribution >= 0.6 is 23.2 Å². The van der Waals surface area contributed by atoms with Gasteiger partial charge in [-0.3, -0.25) is 13.9 Å². The Morgan fingerprint density at radius 1 is 0.929 bits per heavy atom. The van der Waals surface area contributed by atoms with E-state index in [1.54, 1.807) is 49.4 Å². The number of benzene rings is 3. The van der Waals surface area contributed by atoms with Crippen LogP contribution in [0.3, 0.4) is 0 Å². The van der Waals surface area contributed by atoms with Crippen molar-refractivity contribution < 1.29 is 22.7 Å². The fourth-order valence-corrected chi connectivity index (χ4v) is 5.71. The molecule has 42 heavy (non-hydrogen) atoms. The van der Waals surface area contributed by atoms with Gasteiger partial charge < -0.3 is 15.0 Å². The molecular formula is C31H37Cl2N3O5S. The minimum atomic E-state index is -3.88. The Morgan fingerprint density at radius 3 is 2.14 bits per heavy atom. The SMILES string of the molecule is CCCCNC(=O)C(CC)N(Cc1c(Cl)cccc1Cl)C(=O)CN(c1ccc(OCc2ccccc2)cc1)S(C)(=O)=O. The number of amides is 2. The van der Waals surface area contributed by atoms with Crippen molar-refractivity contribution >= 4 is 50.7 Å². The van der Waals surface area contributed by atoms with E-state index in [9.17, 15) is 18.0 Å². The molecule has 226 valence electrons. The number of unbranched alkanes of at least 4 members (excludes halogenated alkanes) is 1. The second-order valence-electron chi connectivity index (χ2n) is 9.83. The first kappa shape index (κ1) is 33.2. The number of rotatable bonds is 15. The van der Waals surface area contributed by atoms with Crippen LogP contribution in [0.4, 0.5) is 5.69 Å². The third-order valence-corrected chi connectivity index (χ3v) is 8.51. The number of sulfonamides is 1. The zero-order valence-corrected chi connectivity index (χ0v) is 26.4. The average Bonchev–Trinajstić information content (AvgIpc) is 2.96. The van der Waals surface area contributed by atoms with E-state index in [0.717, 1.165) is 29.0 Å². The lowest BCUT2D eigenvalue weighted by atomic mass is 10.1. The van der Waals surface area contributed by atoms with Crippen LogP contribution < -0.4 is 14.4 Å². The van der Waals surface area contributed by atoms with Crippen LogP contribution in [0.15, 0.2) is 72.8 Å². The molecule has 2 amide bonds. The van der Waals surface area contributed by atoms with Gasteiger partial charge in [-0.1, -0.05) is 79.9 Å². The second kappa shape index (κ2) is 15.8. The maximum Gasteiger partial charge on any atom is 0.244 e. The standard InChI is InChI=1S/C31H37Cl2N3O5S/c1-4-6-19-34-31(38)29(5-2)35(20-26-27(32)13-10-14-28(26)33)30(37)21-36(42(3,39)40)24-15-17-25(18-16-24)41-22-23-11-8-7-9-12-23/h7-18,29H,4-6,19-22H2,1-3H3,(H,34,38). The molecule has 0 spiro atoms. The number of hydrogen-bond acceptors (Lipinski definition) is 5. The van der Waals surface area contributed by atoms with Crippen LogP contribution in [0.25, 0.3) is 0 Å². The molecule has 1 N–H and O–H groups in total. The minimum Gasteiger partial charge on any atom is -0.489 e. The first-order valence-corrected chi connectivity index (χ1v) is 16.4. The largest absolute Gasteiger partial charge is 0.489 e. The monoisotopic (exact) mass is 633 g/mol. The lowest BCUT2D eigenvalue weighted by Crippen LogP contribution is -2.52. The molecule has 8 nitrogen and oxygen atoms in total. The van der Waals surface area contributed by atoms with Gasteiger partial charge in [-0.25, -0.2) is 8.42 Å². The van der Waals surface area contributed by atoms with E-state index in [2.05, 4.69) is 5.32 Å². The summed E-state index contributed by atoms with van der Waals surface area (Å²) in [5.41, 5.74) is 1.75. The van der Waals surface area contributed by atoms with E-state index < -0.39 is 28.5 Å². The van der Waals surface area contributed by atoms with Gasteiger partial charge in [-0.05, 0) is 54.8 Å². The average molecular weight is 635 g/mol. The van der Waals surface area contributed by atoms with Gasteiger partial charge in [0.25, 0.3) is 0 Å². The molecule has 0 radical (unpaired) electrons. The van der Waals surface area contributed by atoms with Crippen LogP contribution in [0.1, 0.15) is 44.2 Å². The minimum absolute atomic E-state index is 0.0685. The lowest BCUT2D eigenvalue weighted by molar-refractivity contribution is -0.140. The molecule has 0 aromatic heterocycles. The van der Waals surface area contributed by atoms with Crippen molar-refractivity contribution in [2.75, 3.05) is 23.7 Å². The zero-order valence-electron chi connectivity index (χ0n) is 24.1. The number of ether oxygens (including phenoxy) is 1. The predicted octanol–water partition coefficient (Wildman–Crippen LogP) is 6.06. The highest BCUT2D eigenvalue weighted by atomic mass is 35.5. The third-order valence-electron chi connectivity index (χ3n) is 6.66. The van der Waals surface area contributed by atoms with E-state index in [1.807, 2.05) is 37.3 Å². The second-order valence-corrected chi connectivity index (χ2v) is 12.5. The molecule has 0 saturated carbocycles. The summed E-state index contributed by atoms with van der Waals surface area (Å²) in [6, 6.07) is 20.2. The highest BCUT2D eigenvalue weighted by molar-refractivity contribution is 7.92. The van der Waals surface area contributed by atoms with Crippen molar-refractivity contribution in [1.82, 2.24) is 10.2 Å². The van der Waals surface area contributed by atoms with Gasteiger partial charge in [0.1, 0.15) is 24.9 Å². The van der Waals surface area contributed by atoms with Crippen LogP contribution in [-0.4, -0.2) is 50.5 Å². The smallest absolute Gasteiger partial charge is 0.244 e. The summed E-state index contributed by atoms with van der Waals surface area (Å²) < 4.78 is 32.6. The van der Waals surface area contributed by atoms with Crippen molar-refractivity contribution in [1.29, 1.82) is 0 Å². The van der Waals surface area contributed by atoms with E-state index in [1.165, 1.54) is 4.90 Å². The first-order valence-electron chi connectivity index (χ1n) is 13.8. The quantitative estimate of drug-likeness (QED) is 0.205. The maximum absolute atomic E-state index is 13.9. The fourth-order valence-electron chi connectivity index (χ4n) is 4.34. The normalized spacial score (nSPS) is 11.9. The number of halogens is 2. The van der Waals surface area contributed by atoms with Gasteiger partial charge in [0.15, 0.2) is 0 Å². The van der Waals surface area contributed by atoms with Crippen molar-refractivity contribution in [3.8, 4) is 5.75 Å². The molecule has 3 aromatic rings. The number of anilines is 1. The zero-order chi connectivity index (χ0) is 30.7. The van der Waals surface area contributed by atoms with Crippen molar-refractivity contribution in [3.05, 3.63) is 94.0 Å². The summed E-state index contributed by atoms with van der Waals surface area (Å²) in [5, 5.41) is 3.57. The Hall–Kier alpha value is -3.27. The molecule has 0 heterocycles. The summed E-state index contributed by atoms with van der Waals surface area (Å²) in [7, 11) is -3.88. The summed E-state index contributed by atoms with van der Waals surface area (Å²) in [6.45, 7) is 4.04. The molecule has 0 fully saturated rings. The van der Waals surface area contributed by atoms with E-state index in [4.69, 9.17) is 27.9 Å². The molecule has 11 heteroatoms. The van der Waals surface area contributed by atoms with Crippen LogP contribution in [0.2, 0.25) is 10.0 Å². The summed E-state index contributed by atoms with van der Waals surface area (Å²) >= 11 is 12.8. The van der Waals surface area contributed by atoms with Gasteiger partial charge in [0.05, 0.1) is 11.9 Å². The Bertz CT molecular complexity index is 1420. The highest BCUT2D eigenvalue weighted by Gasteiger charge is 2.32. The molecule has 1 atom stereocenters.